The molecule has 6 heteroatoms. The second-order valence-corrected chi connectivity index (χ2v) is 5.52. The Labute approximate surface area is 144 Å². The highest BCUT2D eigenvalue weighted by Gasteiger charge is 2.10. The molecule has 0 N–H and O–H groups in total. The largest absolute Gasteiger partial charge is 0.304 e. The van der Waals surface area contributed by atoms with E-state index < -0.39 is 0 Å². The molecule has 0 aliphatic rings. The average Bonchev–Trinajstić information content (AvgIpc) is 2.97. The SMILES string of the molecule is CC.Cc1cn2cc(-c3ccc4cc(Cl)cnc4n3)cc(F)c2n1. The molecule has 0 atom stereocenters. The smallest absolute Gasteiger partial charge is 0.173 e. The molecule has 4 aromatic heterocycles. The molecule has 0 aliphatic heterocycles. The summed E-state index contributed by atoms with van der Waals surface area (Å²) < 4.78 is 15.8. The summed E-state index contributed by atoms with van der Waals surface area (Å²) in [5.41, 5.74) is 2.96. The van der Waals surface area contributed by atoms with Gasteiger partial charge in [-0.2, -0.15) is 0 Å². The minimum atomic E-state index is -0.378. The first-order valence-electron chi connectivity index (χ1n) is 7.68. The van der Waals surface area contributed by atoms with E-state index in [1.165, 1.54) is 6.07 Å². The number of hydrogen-bond donors (Lipinski definition) is 0. The van der Waals surface area contributed by atoms with Gasteiger partial charge in [-0.25, -0.2) is 19.3 Å². The highest BCUT2D eigenvalue weighted by atomic mass is 35.5. The van der Waals surface area contributed by atoms with E-state index in [1.54, 1.807) is 22.9 Å². The zero-order valence-electron chi connectivity index (χ0n) is 13.6. The van der Waals surface area contributed by atoms with Crippen LogP contribution in [0.4, 0.5) is 4.39 Å². The van der Waals surface area contributed by atoms with E-state index in [1.807, 2.05) is 39.1 Å². The molecule has 0 spiro atoms. The molecule has 4 rings (SSSR count). The molecular weight excluding hydrogens is 327 g/mol. The van der Waals surface area contributed by atoms with E-state index in [2.05, 4.69) is 15.0 Å². The monoisotopic (exact) mass is 342 g/mol. The van der Waals surface area contributed by atoms with Crippen molar-refractivity contribution in [3.8, 4) is 11.3 Å². The van der Waals surface area contributed by atoms with Gasteiger partial charge in [0.2, 0.25) is 0 Å². The van der Waals surface area contributed by atoms with E-state index >= 15 is 0 Å². The fourth-order valence-electron chi connectivity index (χ4n) is 2.46. The fourth-order valence-corrected chi connectivity index (χ4v) is 2.63. The quantitative estimate of drug-likeness (QED) is 0.485. The number of rotatable bonds is 1. The molecule has 0 saturated heterocycles. The molecule has 0 aromatic carbocycles. The zero-order chi connectivity index (χ0) is 17.3. The number of hydrogen-bond acceptors (Lipinski definition) is 3. The fraction of sp³-hybridized carbons (Fsp3) is 0.167. The minimum Gasteiger partial charge on any atom is -0.304 e. The van der Waals surface area contributed by atoms with Gasteiger partial charge in [-0.1, -0.05) is 25.4 Å². The lowest BCUT2D eigenvalue weighted by atomic mass is 10.1. The Bertz CT molecular complexity index is 1030. The summed E-state index contributed by atoms with van der Waals surface area (Å²) in [4.78, 5) is 12.8. The third-order valence-corrected chi connectivity index (χ3v) is 3.64. The van der Waals surface area contributed by atoms with Crippen molar-refractivity contribution in [2.75, 3.05) is 0 Å². The van der Waals surface area contributed by atoms with E-state index in [9.17, 15) is 4.39 Å². The first-order chi connectivity index (χ1) is 11.6. The zero-order valence-corrected chi connectivity index (χ0v) is 14.3. The van der Waals surface area contributed by atoms with Crippen LogP contribution < -0.4 is 0 Å². The highest BCUT2D eigenvalue weighted by molar-refractivity contribution is 6.31. The van der Waals surface area contributed by atoms with Crippen molar-refractivity contribution in [3.63, 3.8) is 0 Å². The second kappa shape index (κ2) is 6.53. The summed E-state index contributed by atoms with van der Waals surface area (Å²) in [5, 5.41) is 1.40. The number of aryl methyl sites for hydroxylation is 1. The highest BCUT2D eigenvalue weighted by Crippen LogP contribution is 2.24. The van der Waals surface area contributed by atoms with Crippen molar-refractivity contribution >= 4 is 28.3 Å². The number of fused-ring (bicyclic) bond motifs is 2. The second-order valence-electron chi connectivity index (χ2n) is 5.09. The van der Waals surface area contributed by atoms with E-state index in [0.29, 0.717) is 27.6 Å². The molecule has 24 heavy (non-hydrogen) atoms. The molecule has 122 valence electrons. The molecule has 0 bridgehead atoms. The lowest BCUT2D eigenvalue weighted by Gasteiger charge is -2.05. The van der Waals surface area contributed by atoms with Crippen LogP contribution in [0, 0.1) is 12.7 Å². The Morgan fingerprint density at radius 3 is 2.67 bits per heavy atom. The van der Waals surface area contributed by atoms with Crippen LogP contribution in [0.2, 0.25) is 5.02 Å². The normalized spacial score (nSPS) is 10.7. The minimum absolute atomic E-state index is 0.312. The van der Waals surface area contributed by atoms with Gasteiger partial charge >= 0.3 is 0 Å². The number of halogens is 2. The van der Waals surface area contributed by atoms with E-state index in [4.69, 9.17) is 11.6 Å². The molecule has 0 amide bonds. The van der Waals surface area contributed by atoms with Crippen molar-refractivity contribution in [3.05, 3.63) is 59.4 Å². The Balaban J connectivity index is 0.000000815. The molecule has 0 radical (unpaired) electrons. The van der Waals surface area contributed by atoms with Crippen molar-refractivity contribution < 1.29 is 4.39 Å². The maximum absolute atomic E-state index is 14.2. The van der Waals surface area contributed by atoms with Crippen molar-refractivity contribution in [2.24, 2.45) is 0 Å². The van der Waals surface area contributed by atoms with Crippen molar-refractivity contribution in [2.45, 2.75) is 20.8 Å². The Hall–Kier alpha value is -2.53. The number of imidazole rings is 1. The number of nitrogens with zero attached hydrogens (tertiary/aromatic N) is 4. The van der Waals surface area contributed by atoms with Crippen LogP contribution in [-0.2, 0) is 0 Å². The van der Waals surface area contributed by atoms with Gasteiger partial charge in [0, 0.05) is 29.5 Å². The Kier molecular flexibility index (Phi) is 4.44. The molecule has 0 aliphatic carbocycles. The molecule has 0 fully saturated rings. The number of pyridine rings is 3. The van der Waals surface area contributed by atoms with Gasteiger partial charge in [-0.15, -0.1) is 0 Å². The molecular formula is C18H16ClFN4. The van der Waals surface area contributed by atoms with E-state index in [0.717, 1.165) is 11.1 Å². The van der Waals surface area contributed by atoms with Crippen LogP contribution in [0.25, 0.3) is 27.9 Å². The lowest BCUT2D eigenvalue weighted by molar-refractivity contribution is 0.630. The summed E-state index contributed by atoms with van der Waals surface area (Å²) in [6.45, 7) is 5.83. The molecule has 0 unspecified atom stereocenters. The molecule has 4 aromatic rings. The summed E-state index contributed by atoms with van der Waals surface area (Å²) in [6.07, 6.45) is 5.13. The maximum Gasteiger partial charge on any atom is 0.173 e. The van der Waals surface area contributed by atoms with Crippen LogP contribution in [0.1, 0.15) is 19.5 Å². The first kappa shape index (κ1) is 16.3. The Morgan fingerprint density at radius 1 is 1.08 bits per heavy atom. The van der Waals surface area contributed by atoms with Crippen molar-refractivity contribution in [1.82, 2.24) is 19.4 Å². The van der Waals surface area contributed by atoms with Crippen LogP contribution in [0.3, 0.4) is 0 Å². The summed E-state index contributed by atoms with van der Waals surface area (Å²) in [6, 6.07) is 6.93. The Morgan fingerprint density at radius 2 is 1.88 bits per heavy atom. The van der Waals surface area contributed by atoms with Gasteiger partial charge in [-0.3, -0.25) is 0 Å². The van der Waals surface area contributed by atoms with E-state index in [-0.39, 0.29) is 5.82 Å². The van der Waals surface area contributed by atoms with Gasteiger partial charge in [0.1, 0.15) is 0 Å². The molecule has 4 heterocycles. The predicted molar refractivity (Wildman–Crippen MR) is 94.8 cm³/mol. The average molecular weight is 343 g/mol. The summed E-state index contributed by atoms with van der Waals surface area (Å²) >= 11 is 5.91. The topological polar surface area (TPSA) is 43.1 Å². The van der Waals surface area contributed by atoms with Crippen LogP contribution in [0.15, 0.2) is 42.9 Å². The van der Waals surface area contributed by atoms with Crippen LogP contribution in [0.5, 0.6) is 0 Å². The first-order valence-corrected chi connectivity index (χ1v) is 8.05. The van der Waals surface area contributed by atoms with Gasteiger partial charge in [0.05, 0.1) is 16.4 Å². The summed E-state index contributed by atoms with van der Waals surface area (Å²) in [5.74, 6) is -0.378. The van der Waals surface area contributed by atoms with Gasteiger partial charge in [-0.05, 0) is 31.2 Å². The van der Waals surface area contributed by atoms with Crippen molar-refractivity contribution in [1.29, 1.82) is 0 Å². The van der Waals surface area contributed by atoms with Gasteiger partial charge < -0.3 is 4.40 Å². The summed E-state index contributed by atoms with van der Waals surface area (Å²) in [7, 11) is 0. The number of aromatic nitrogens is 4. The maximum atomic E-state index is 14.2. The van der Waals surface area contributed by atoms with Crippen LogP contribution >= 0.6 is 11.6 Å². The third-order valence-electron chi connectivity index (χ3n) is 3.43. The molecule has 4 nitrogen and oxygen atoms in total. The van der Waals surface area contributed by atoms with Gasteiger partial charge in [0.15, 0.2) is 17.1 Å². The van der Waals surface area contributed by atoms with Crippen LogP contribution in [-0.4, -0.2) is 19.4 Å². The predicted octanol–water partition coefficient (Wildman–Crippen LogP) is 5.07. The van der Waals surface area contributed by atoms with Gasteiger partial charge in [0.25, 0.3) is 0 Å². The standard InChI is InChI=1S/C16H10ClFN4.C2H6/c1-9-7-22-8-11(5-13(18)16(22)20-9)14-3-2-10-4-12(17)6-19-15(10)21-14;1-2/h2-8H,1H3;1-2H3. The third kappa shape index (κ3) is 2.95. The lowest BCUT2D eigenvalue weighted by Crippen LogP contribution is -1.93. The molecule has 0 saturated carbocycles.